The Morgan fingerprint density at radius 2 is 1.66 bits per heavy atom. The van der Waals surface area contributed by atoms with E-state index in [1.54, 1.807) is 0 Å². The van der Waals surface area contributed by atoms with Crippen LogP contribution in [-0.2, 0) is 4.79 Å². The second-order valence-corrected chi connectivity index (χ2v) is 6.67. The maximum atomic E-state index is 12.1. The smallest absolute Gasteiger partial charge is 0.277 e. The minimum absolute atomic E-state index is 0.0955. The summed E-state index contributed by atoms with van der Waals surface area (Å²) in [5, 5.41) is 6.38. The van der Waals surface area contributed by atoms with Gasteiger partial charge in [0.15, 0.2) is 6.61 Å². The fourth-order valence-corrected chi connectivity index (χ4v) is 3.03. The van der Waals surface area contributed by atoms with Gasteiger partial charge < -0.3 is 9.30 Å². The van der Waals surface area contributed by atoms with Crippen LogP contribution < -0.4 is 10.2 Å². The predicted octanol–water partition coefficient (Wildman–Crippen LogP) is 4.55. The number of hydrogen-bond acceptors (Lipinski definition) is 3. The number of hydrogen-bond donors (Lipinski definition) is 1. The van der Waals surface area contributed by atoms with Gasteiger partial charge in [-0.1, -0.05) is 42.5 Å². The highest BCUT2D eigenvalue weighted by molar-refractivity contribution is 5.99. The Kier molecular flexibility index (Phi) is 5.38. The molecule has 0 radical (unpaired) electrons. The molecule has 0 aliphatic rings. The van der Waals surface area contributed by atoms with Gasteiger partial charge in [-0.15, -0.1) is 0 Å². The molecular weight excluding hydrogens is 362 g/mol. The van der Waals surface area contributed by atoms with Gasteiger partial charge in [-0.25, -0.2) is 5.43 Å². The second-order valence-electron chi connectivity index (χ2n) is 6.67. The van der Waals surface area contributed by atoms with Crippen molar-refractivity contribution in [2.45, 2.75) is 6.92 Å². The van der Waals surface area contributed by atoms with Crippen molar-refractivity contribution >= 4 is 22.4 Å². The summed E-state index contributed by atoms with van der Waals surface area (Å²) in [5.41, 5.74) is 5.28. The summed E-state index contributed by atoms with van der Waals surface area (Å²) in [6, 6.07) is 25.7. The minimum Gasteiger partial charge on any atom is -0.484 e. The van der Waals surface area contributed by atoms with Gasteiger partial charge in [0.05, 0.1) is 5.71 Å². The number of benzene rings is 3. The quantitative estimate of drug-likeness (QED) is 0.392. The lowest BCUT2D eigenvalue weighted by atomic mass is 10.1. The first kappa shape index (κ1) is 18.5. The van der Waals surface area contributed by atoms with Gasteiger partial charge >= 0.3 is 0 Å². The predicted molar refractivity (Wildman–Crippen MR) is 116 cm³/mol. The van der Waals surface area contributed by atoms with Gasteiger partial charge in [-0.2, -0.15) is 5.10 Å². The van der Waals surface area contributed by atoms with Crippen LogP contribution in [0.1, 0.15) is 12.5 Å². The number of aromatic nitrogens is 1. The standard InChI is InChI=1S/C24H21N3O2/c1-18(19-8-11-22(12-9-19)27-14-4-5-15-27)25-26-24(28)17-29-23-13-10-20-6-2-3-7-21(20)16-23/h2-16H,17H2,1H3,(H,26,28)/b25-18+. The van der Waals surface area contributed by atoms with Crippen molar-refractivity contribution in [1.29, 1.82) is 0 Å². The highest BCUT2D eigenvalue weighted by Crippen LogP contribution is 2.20. The lowest BCUT2D eigenvalue weighted by Crippen LogP contribution is -2.25. The van der Waals surface area contributed by atoms with Gasteiger partial charge in [0.2, 0.25) is 0 Å². The molecule has 5 heteroatoms. The lowest BCUT2D eigenvalue weighted by Gasteiger charge is -2.08. The normalized spacial score (nSPS) is 11.4. The fourth-order valence-electron chi connectivity index (χ4n) is 3.03. The van der Waals surface area contributed by atoms with Crippen LogP contribution in [0.4, 0.5) is 0 Å². The number of nitrogens with zero attached hydrogens (tertiary/aromatic N) is 2. The molecule has 4 rings (SSSR count). The summed E-state index contributed by atoms with van der Waals surface area (Å²) >= 11 is 0. The first-order chi connectivity index (χ1) is 14.2. The highest BCUT2D eigenvalue weighted by Gasteiger charge is 2.04. The van der Waals surface area contributed by atoms with E-state index in [4.69, 9.17) is 4.74 Å². The first-order valence-corrected chi connectivity index (χ1v) is 9.37. The molecule has 0 saturated carbocycles. The molecule has 0 unspecified atom stereocenters. The van der Waals surface area contributed by atoms with Gasteiger partial charge in [0, 0.05) is 18.1 Å². The van der Waals surface area contributed by atoms with Crippen molar-refractivity contribution in [2.75, 3.05) is 6.61 Å². The molecule has 0 bridgehead atoms. The van der Waals surface area contributed by atoms with E-state index in [-0.39, 0.29) is 12.5 Å². The van der Waals surface area contributed by atoms with Gasteiger partial charge in [-0.05, 0) is 59.7 Å². The van der Waals surface area contributed by atoms with Crippen LogP contribution in [0.15, 0.2) is 96.4 Å². The zero-order valence-corrected chi connectivity index (χ0v) is 16.1. The highest BCUT2D eigenvalue weighted by atomic mass is 16.5. The van der Waals surface area contributed by atoms with E-state index in [1.807, 2.05) is 103 Å². The van der Waals surface area contributed by atoms with Crippen molar-refractivity contribution in [1.82, 2.24) is 9.99 Å². The van der Waals surface area contributed by atoms with Crippen molar-refractivity contribution < 1.29 is 9.53 Å². The van der Waals surface area contributed by atoms with E-state index in [0.29, 0.717) is 5.75 Å². The number of hydrazone groups is 1. The molecule has 0 atom stereocenters. The monoisotopic (exact) mass is 383 g/mol. The first-order valence-electron chi connectivity index (χ1n) is 9.37. The molecule has 0 fully saturated rings. The van der Waals surface area contributed by atoms with Crippen LogP contribution in [0.25, 0.3) is 16.5 Å². The van der Waals surface area contributed by atoms with Crippen LogP contribution in [-0.4, -0.2) is 22.8 Å². The van der Waals surface area contributed by atoms with E-state index in [0.717, 1.165) is 27.7 Å². The molecule has 144 valence electrons. The SMILES string of the molecule is C/C(=N\NC(=O)COc1ccc2ccccc2c1)c1ccc(-n2cccc2)cc1. The maximum absolute atomic E-state index is 12.1. The number of carbonyl (C=O) groups is 1. The fraction of sp³-hybridized carbons (Fsp3) is 0.0833. The minimum atomic E-state index is -0.304. The van der Waals surface area contributed by atoms with Crippen molar-refractivity contribution in [2.24, 2.45) is 5.10 Å². The molecule has 1 N–H and O–H groups in total. The summed E-state index contributed by atoms with van der Waals surface area (Å²) in [6.07, 6.45) is 3.98. The average molecular weight is 383 g/mol. The Morgan fingerprint density at radius 1 is 0.931 bits per heavy atom. The molecule has 3 aromatic carbocycles. The van der Waals surface area contributed by atoms with Crippen LogP contribution in [0, 0.1) is 0 Å². The van der Waals surface area contributed by atoms with E-state index < -0.39 is 0 Å². The van der Waals surface area contributed by atoms with Crippen LogP contribution in [0.5, 0.6) is 5.75 Å². The number of rotatable bonds is 6. The number of carbonyl (C=O) groups excluding carboxylic acids is 1. The summed E-state index contributed by atoms with van der Waals surface area (Å²) in [5.74, 6) is 0.349. The number of ether oxygens (including phenoxy) is 1. The summed E-state index contributed by atoms with van der Waals surface area (Å²) in [4.78, 5) is 12.1. The molecule has 0 spiro atoms. The Balaban J connectivity index is 1.33. The average Bonchev–Trinajstić information content (AvgIpc) is 3.31. The maximum Gasteiger partial charge on any atom is 0.277 e. The molecular formula is C24H21N3O2. The Labute approximate surface area is 169 Å². The second kappa shape index (κ2) is 8.44. The molecule has 1 heterocycles. The lowest BCUT2D eigenvalue weighted by molar-refractivity contribution is -0.123. The zero-order valence-electron chi connectivity index (χ0n) is 16.1. The Hall–Kier alpha value is -3.86. The van der Waals surface area contributed by atoms with E-state index in [2.05, 4.69) is 10.5 Å². The van der Waals surface area contributed by atoms with E-state index >= 15 is 0 Å². The third-order valence-electron chi connectivity index (χ3n) is 4.63. The Morgan fingerprint density at radius 3 is 2.41 bits per heavy atom. The topological polar surface area (TPSA) is 55.6 Å². The number of fused-ring (bicyclic) bond motifs is 1. The largest absolute Gasteiger partial charge is 0.484 e. The van der Waals surface area contributed by atoms with Crippen molar-refractivity contribution in [3.05, 3.63) is 96.8 Å². The molecule has 29 heavy (non-hydrogen) atoms. The van der Waals surface area contributed by atoms with Crippen molar-refractivity contribution in [3.63, 3.8) is 0 Å². The van der Waals surface area contributed by atoms with Crippen LogP contribution in [0.3, 0.4) is 0 Å². The zero-order chi connectivity index (χ0) is 20.1. The van der Waals surface area contributed by atoms with Crippen LogP contribution >= 0.6 is 0 Å². The van der Waals surface area contributed by atoms with E-state index in [9.17, 15) is 4.79 Å². The number of amides is 1. The molecule has 0 aliphatic heterocycles. The summed E-state index contributed by atoms with van der Waals surface area (Å²) in [6.45, 7) is 1.76. The third kappa shape index (κ3) is 4.52. The Bertz CT molecular complexity index is 1150. The van der Waals surface area contributed by atoms with Crippen LogP contribution in [0.2, 0.25) is 0 Å². The van der Waals surface area contributed by atoms with Gasteiger partial charge in [-0.3, -0.25) is 4.79 Å². The molecule has 1 aromatic heterocycles. The molecule has 0 saturated heterocycles. The van der Waals surface area contributed by atoms with Gasteiger partial charge in [0.1, 0.15) is 5.75 Å². The molecule has 4 aromatic rings. The van der Waals surface area contributed by atoms with Gasteiger partial charge in [0.25, 0.3) is 5.91 Å². The summed E-state index contributed by atoms with van der Waals surface area (Å²) in [7, 11) is 0. The van der Waals surface area contributed by atoms with Crippen molar-refractivity contribution in [3.8, 4) is 11.4 Å². The summed E-state index contributed by atoms with van der Waals surface area (Å²) < 4.78 is 7.62. The molecule has 1 amide bonds. The van der Waals surface area contributed by atoms with E-state index in [1.165, 1.54) is 0 Å². The third-order valence-corrected chi connectivity index (χ3v) is 4.63. The number of nitrogens with one attached hydrogen (secondary N) is 1. The molecule has 0 aliphatic carbocycles. The molecule has 5 nitrogen and oxygen atoms in total.